The van der Waals surface area contributed by atoms with E-state index in [-0.39, 0.29) is 0 Å². The van der Waals surface area contributed by atoms with Crippen molar-refractivity contribution in [1.29, 1.82) is 0 Å². The average molecular weight is 320 g/mol. The van der Waals surface area contributed by atoms with Crippen LogP contribution in [0.25, 0.3) is 11.3 Å². The molecule has 1 aromatic heterocycles. The van der Waals surface area contributed by atoms with E-state index in [1.807, 2.05) is 31.4 Å². The molecule has 19 heavy (non-hydrogen) atoms. The van der Waals surface area contributed by atoms with Crippen LogP contribution < -0.4 is 5.32 Å². The Morgan fingerprint density at radius 1 is 1.32 bits per heavy atom. The summed E-state index contributed by atoms with van der Waals surface area (Å²) in [6.45, 7) is 3.07. The summed E-state index contributed by atoms with van der Waals surface area (Å²) in [5.74, 6) is 1.27. The fourth-order valence-corrected chi connectivity index (χ4v) is 2.44. The summed E-state index contributed by atoms with van der Waals surface area (Å²) in [5.41, 5.74) is 2.08. The molecular weight excluding hydrogens is 302 g/mol. The second-order valence-corrected chi connectivity index (χ2v) is 5.39. The Hall–Kier alpha value is -1.26. The van der Waals surface area contributed by atoms with Crippen LogP contribution in [0.4, 0.5) is 0 Å². The first-order chi connectivity index (χ1) is 9.24. The highest BCUT2D eigenvalue weighted by Crippen LogP contribution is 2.23. The van der Waals surface area contributed by atoms with Gasteiger partial charge < -0.3 is 5.32 Å². The fraction of sp³-hybridized carbons (Fsp3) is 0.333. The second kappa shape index (κ2) is 6.78. The molecular formula is C15H18BrN3. The van der Waals surface area contributed by atoms with Crippen LogP contribution in [-0.2, 0) is 0 Å². The fourth-order valence-electron chi connectivity index (χ4n) is 2.04. The van der Waals surface area contributed by atoms with Gasteiger partial charge in [0.2, 0.25) is 0 Å². The molecule has 2 aromatic rings. The summed E-state index contributed by atoms with van der Waals surface area (Å²) < 4.78 is 1.06. The number of hydrogen-bond acceptors (Lipinski definition) is 3. The zero-order chi connectivity index (χ0) is 13.7. The summed E-state index contributed by atoms with van der Waals surface area (Å²) in [4.78, 5) is 9.12. The maximum Gasteiger partial charge on any atom is 0.133 e. The van der Waals surface area contributed by atoms with E-state index in [2.05, 4.69) is 45.3 Å². The Bertz CT molecular complexity index is 542. The lowest BCUT2D eigenvalue weighted by Crippen LogP contribution is -2.18. The molecule has 0 fully saturated rings. The third-order valence-corrected chi connectivity index (χ3v) is 3.60. The smallest absolute Gasteiger partial charge is 0.133 e. The number of aromatic nitrogens is 2. The molecule has 2 rings (SSSR count). The highest BCUT2D eigenvalue weighted by molar-refractivity contribution is 9.10. The number of nitrogens with one attached hydrogen (secondary N) is 1. The van der Waals surface area contributed by atoms with E-state index < -0.39 is 0 Å². The number of halogens is 1. The molecule has 0 saturated carbocycles. The van der Waals surface area contributed by atoms with Crippen LogP contribution in [-0.4, -0.2) is 23.6 Å². The molecule has 3 nitrogen and oxygen atoms in total. The van der Waals surface area contributed by atoms with Crippen molar-refractivity contribution < 1.29 is 0 Å². The number of rotatable bonds is 5. The van der Waals surface area contributed by atoms with Gasteiger partial charge in [-0.15, -0.1) is 0 Å². The van der Waals surface area contributed by atoms with E-state index in [9.17, 15) is 0 Å². The third-order valence-electron chi connectivity index (χ3n) is 3.10. The molecule has 0 aliphatic rings. The van der Waals surface area contributed by atoms with E-state index in [0.717, 1.165) is 34.5 Å². The van der Waals surface area contributed by atoms with Gasteiger partial charge in [0.1, 0.15) is 5.82 Å². The molecule has 0 radical (unpaired) electrons. The SMILES string of the molecule is CCC(CNC)c1nccc(-c2cccc(Br)c2)n1. The van der Waals surface area contributed by atoms with Gasteiger partial charge in [0.05, 0.1) is 5.69 Å². The highest BCUT2D eigenvalue weighted by atomic mass is 79.9. The Kier molecular flexibility index (Phi) is 5.05. The molecule has 1 heterocycles. The predicted octanol–water partition coefficient (Wildman–Crippen LogP) is 3.62. The van der Waals surface area contributed by atoms with Crippen LogP contribution in [0.5, 0.6) is 0 Å². The summed E-state index contributed by atoms with van der Waals surface area (Å²) in [5, 5.41) is 3.20. The molecule has 0 spiro atoms. The Balaban J connectivity index is 2.33. The molecule has 0 aliphatic carbocycles. The van der Waals surface area contributed by atoms with Crippen molar-refractivity contribution in [2.24, 2.45) is 0 Å². The quantitative estimate of drug-likeness (QED) is 0.914. The van der Waals surface area contributed by atoms with Gasteiger partial charge in [-0.1, -0.05) is 35.0 Å². The van der Waals surface area contributed by atoms with Crippen LogP contribution in [0.1, 0.15) is 25.1 Å². The van der Waals surface area contributed by atoms with Crippen molar-refractivity contribution in [1.82, 2.24) is 15.3 Å². The van der Waals surface area contributed by atoms with E-state index in [0.29, 0.717) is 5.92 Å². The number of nitrogens with zero attached hydrogens (tertiary/aromatic N) is 2. The molecule has 4 heteroatoms. The Morgan fingerprint density at radius 2 is 2.16 bits per heavy atom. The van der Waals surface area contributed by atoms with Crippen LogP contribution in [0.2, 0.25) is 0 Å². The zero-order valence-corrected chi connectivity index (χ0v) is 12.8. The van der Waals surface area contributed by atoms with Gasteiger partial charge in [0.15, 0.2) is 0 Å². The minimum absolute atomic E-state index is 0.358. The summed E-state index contributed by atoms with van der Waals surface area (Å²) in [6.07, 6.45) is 2.87. The van der Waals surface area contributed by atoms with Crippen LogP contribution in [0, 0.1) is 0 Å². The van der Waals surface area contributed by atoms with Crippen LogP contribution in [0.15, 0.2) is 41.0 Å². The van der Waals surface area contributed by atoms with Crippen LogP contribution in [0.3, 0.4) is 0 Å². The average Bonchev–Trinajstić information content (AvgIpc) is 2.45. The minimum Gasteiger partial charge on any atom is -0.319 e. The van der Waals surface area contributed by atoms with Gasteiger partial charge in [-0.3, -0.25) is 0 Å². The van der Waals surface area contributed by atoms with E-state index in [4.69, 9.17) is 4.98 Å². The lowest BCUT2D eigenvalue weighted by atomic mass is 10.1. The van der Waals surface area contributed by atoms with Crippen molar-refractivity contribution in [2.45, 2.75) is 19.3 Å². The van der Waals surface area contributed by atoms with Gasteiger partial charge >= 0.3 is 0 Å². The van der Waals surface area contributed by atoms with Crippen molar-refractivity contribution in [3.05, 3.63) is 46.8 Å². The first-order valence-electron chi connectivity index (χ1n) is 6.48. The van der Waals surface area contributed by atoms with Gasteiger partial charge in [-0.2, -0.15) is 0 Å². The molecule has 0 bridgehead atoms. The van der Waals surface area contributed by atoms with Crippen molar-refractivity contribution in [3.63, 3.8) is 0 Å². The third kappa shape index (κ3) is 3.61. The summed E-state index contributed by atoms with van der Waals surface area (Å²) in [6, 6.07) is 10.1. The number of likely N-dealkylation sites (N-methyl/N-ethyl adjacent to an activating group) is 1. The molecule has 0 aliphatic heterocycles. The van der Waals surface area contributed by atoms with Gasteiger partial charge in [0, 0.05) is 28.7 Å². The maximum atomic E-state index is 4.70. The maximum absolute atomic E-state index is 4.70. The summed E-state index contributed by atoms with van der Waals surface area (Å²) >= 11 is 3.49. The lowest BCUT2D eigenvalue weighted by Gasteiger charge is -2.13. The minimum atomic E-state index is 0.358. The Morgan fingerprint density at radius 3 is 2.84 bits per heavy atom. The summed E-state index contributed by atoms with van der Waals surface area (Å²) in [7, 11) is 1.96. The monoisotopic (exact) mass is 319 g/mol. The standard InChI is InChI=1S/C15H18BrN3/c1-3-11(10-17-2)15-18-8-7-14(19-15)12-5-4-6-13(16)9-12/h4-9,11,17H,3,10H2,1-2H3. The topological polar surface area (TPSA) is 37.8 Å². The second-order valence-electron chi connectivity index (χ2n) is 4.47. The number of benzene rings is 1. The molecule has 100 valence electrons. The molecule has 0 amide bonds. The zero-order valence-electron chi connectivity index (χ0n) is 11.2. The molecule has 1 N–H and O–H groups in total. The largest absolute Gasteiger partial charge is 0.319 e. The van der Waals surface area contributed by atoms with Crippen LogP contribution >= 0.6 is 15.9 Å². The normalized spacial score (nSPS) is 12.4. The molecule has 1 aromatic carbocycles. The van der Waals surface area contributed by atoms with Crippen molar-refractivity contribution in [3.8, 4) is 11.3 Å². The molecule has 1 unspecified atom stereocenters. The van der Waals surface area contributed by atoms with Crippen molar-refractivity contribution >= 4 is 15.9 Å². The van der Waals surface area contributed by atoms with E-state index in [1.165, 1.54) is 0 Å². The Labute approximate surface area is 122 Å². The van der Waals surface area contributed by atoms with Crippen molar-refractivity contribution in [2.75, 3.05) is 13.6 Å². The van der Waals surface area contributed by atoms with E-state index >= 15 is 0 Å². The first-order valence-corrected chi connectivity index (χ1v) is 7.27. The van der Waals surface area contributed by atoms with Gasteiger partial charge in [-0.25, -0.2) is 9.97 Å². The van der Waals surface area contributed by atoms with Gasteiger partial charge in [-0.05, 0) is 31.7 Å². The lowest BCUT2D eigenvalue weighted by molar-refractivity contribution is 0.580. The number of hydrogen-bond donors (Lipinski definition) is 1. The highest BCUT2D eigenvalue weighted by Gasteiger charge is 2.12. The molecule has 0 saturated heterocycles. The van der Waals surface area contributed by atoms with E-state index in [1.54, 1.807) is 0 Å². The predicted molar refractivity (Wildman–Crippen MR) is 82.1 cm³/mol. The molecule has 1 atom stereocenters. The first kappa shape index (κ1) is 14.2. The van der Waals surface area contributed by atoms with Gasteiger partial charge in [0.25, 0.3) is 0 Å².